The maximum absolute atomic E-state index is 10.6. The van der Waals surface area contributed by atoms with Gasteiger partial charge in [-0.15, -0.1) is 0 Å². The van der Waals surface area contributed by atoms with Crippen LogP contribution in [-0.2, 0) is 4.57 Å². The van der Waals surface area contributed by atoms with E-state index in [4.69, 9.17) is 10.6 Å². The topological polar surface area (TPSA) is 63.3 Å². The zero-order valence-corrected chi connectivity index (χ0v) is 6.06. The highest BCUT2D eigenvalue weighted by atomic mass is 31.2. The second-order valence-electron chi connectivity index (χ2n) is 2.03. The van der Waals surface area contributed by atoms with E-state index in [1.807, 2.05) is 0 Å². The molecule has 3 N–H and O–H groups in total. The van der Waals surface area contributed by atoms with Gasteiger partial charge in [0.05, 0.1) is 0 Å². The molecule has 0 saturated heterocycles. The lowest BCUT2D eigenvalue weighted by Gasteiger charge is -2.10. The first-order chi connectivity index (χ1) is 3.48. The Morgan fingerprint density at radius 1 is 1.88 bits per heavy atom. The highest BCUT2D eigenvalue weighted by Crippen LogP contribution is 2.40. The molecule has 0 amide bonds. The Kier molecular flexibility index (Phi) is 2.67. The van der Waals surface area contributed by atoms with Crippen LogP contribution < -0.4 is 5.73 Å². The molecule has 50 valence electrons. The highest BCUT2D eigenvalue weighted by Gasteiger charge is 2.17. The van der Waals surface area contributed by atoms with Crippen molar-refractivity contribution in [3.63, 3.8) is 0 Å². The first-order valence-corrected chi connectivity index (χ1v) is 4.66. The molecule has 0 rings (SSSR count). The molecular weight excluding hydrogens is 125 g/mol. The fourth-order valence-corrected chi connectivity index (χ4v) is 0.587. The minimum atomic E-state index is -2.88. The maximum Gasteiger partial charge on any atom is 0.201 e. The van der Waals surface area contributed by atoms with Crippen molar-refractivity contribution in [2.75, 3.05) is 13.2 Å². The molecule has 0 fully saturated rings. The molecule has 0 aromatic carbocycles. The molecule has 8 heavy (non-hydrogen) atoms. The molecule has 0 saturated carbocycles. The molecule has 4 heteroatoms. The molecule has 0 aliphatic heterocycles. The van der Waals surface area contributed by atoms with Crippen LogP contribution in [0.2, 0.25) is 0 Å². The Hall–Kier alpha value is 0.150. The third-order valence-electron chi connectivity index (χ3n) is 1.16. The Morgan fingerprint density at radius 3 is 2.25 bits per heavy atom. The van der Waals surface area contributed by atoms with Gasteiger partial charge in [0.1, 0.15) is 0 Å². The summed E-state index contributed by atoms with van der Waals surface area (Å²) in [6.07, 6.45) is 0. The second kappa shape index (κ2) is 2.62. The third-order valence-corrected chi connectivity index (χ3v) is 3.01. The minimum absolute atomic E-state index is 0.262. The van der Waals surface area contributed by atoms with Crippen LogP contribution in [0.15, 0.2) is 0 Å². The Morgan fingerprint density at radius 2 is 2.25 bits per heavy atom. The summed E-state index contributed by atoms with van der Waals surface area (Å²) in [5.41, 5.74) is 4.86. The first kappa shape index (κ1) is 8.15. The van der Waals surface area contributed by atoms with Crippen LogP contribution >= 0.6 is 7.37 Å². The van der Waals surface area contributed by atoms with E-state index in [0.717, 1.165) is 0 Å². The van der Waals surface area contributed by atoms with E-state index in [1.54, 1.807) is 6.92 Å². The molecule has 2 atom stereocenters. The quantitative estimate of drug-likeness (QED) is 0.535. The van der Waals surface area contributed by atoms with Crippen LogP contribution in [0, 0.1) is 0 Å². The average Bonchev–Trinajstić information content (AvgIpc) is 1.62. The van der Waals surface area contributed by atoms with Crippen LogP contribution in [0.1, 0.15) is 6.92 Å². The van der Waals surface area contributed by atoms with Crippen molar-refractivity contribution in [3.05, 3.63) is 0 Å². The predicted octanol–water partition coefficient (Wildman–Crippen LogP) is 0.234. The minimum Gasteiger partial charge on any atom is -0.344 e. The predicted molar refractivity (Wildman–Crippen MR) is 34.3 cm³/mol. The highest BCUT2D eigenvalue weighted by molar-refractivity contribution is 7.57. The van der Waals surface area contributed by atoms with Gasteiger partial charge >= 0.3 is 0 Å². The Balaban J connectivity index is 3.82. The van der Waals surface area contributed by atoms with Gasteiger partial charge in [0.2, 0.25) is 7.37 Å². The van der Waals surface area contributed by atoms with Crippen LogP contribution in [0.5, 0.6) is 0 Å². The van der Waals surface area contributed by atoms with E-state index in [9.17, 15) is 4.57 Å². The summed E-state index contributed by atoms with van der Waals surface area (Å²) >= 11 is 0. The summed E-state index contributed by atoms with van der Waals surface area (Å²) in [4.78, 5) is 8.76. The zero-order valence-electron chi connectivity index (χ0n) is 5.16. The summed E-state index contributed by atoms with van der Waals surface area (Å²) in [7, 11) is -2.88. The molecule has 0 aliphatic carbocycles. The summed E-state index contributed by atoms with van der Waals surface area (Å²) < 4.78 is 10.6. The summed E-state index contributed by atoms with van der Waals surface area (Å²) in [6.45, 7) is 3.27. The van der Waals surface area contributed by atoms with Gasteiger partial charge in [-0.2, -0.15) is 0 Å². The normalized spacial score (nSPS) is 22.0. The molecule has 3 nitrogen and oxygen atoms in total. The van der Waals surface area contributed by atoms with Crippen LogP contribution in [-0.4, -0.2) is 23.8 Å². The second-order valence-corrected chi connectivity index (χ2v) is 4.80. The van der Waals surface area contributed by atoms with Crippen molar-refractivity contribution in [2.45, 2.75) is 12.6 Å². The molecule has 0 aromatic heterocycles. The van der Waals surface area contributed by atoms with Crippen LogP contribution in [0.25, 0.3) is 0 Å². The molecule has 0 aliphatic rings. The van der Waals surface area contributed by atoms with Crippen molar-refractivity contribution in [1.29, 1.82) is 0 Å². The van der Waals surface area contributed by atoms with Gasteiger partial charge in [-0.1, -0.05) is 6.92 Å². The van der Waals surface area contributed by atoms with Crippen molar-refractivity contribution in [3.8, 4) is 0 Å². The summed E-state index contributed by atoms with van der Waals surface area (Å²) in [6, 6.07) is 0. The first-order valence-electron chi connectivity index (χ1n) is 2.48. The Bertz CT molecular complexity index is 109. The molecule has 0 heterocycles. The number of nitrogens with two attached hydrogens (primary N) is 1. The van der Waals surface area contributed by atoms with E-state index in [0.29, 0.717) is 0 Å². The van der Waals surface area contributed by atoms with Gasteiger partial charge in [-0.3, -0.25) is 4.57 Å². The van der Waals surface area contributed by atoms with E-state index < -0.39 is 7.37 Å². The fraction of sp³-hybridized carbons (Fsp3) is 1.00. The summed E-state index contributed by atoms with van der Waals surface area (Å²) in [5, 5.41) is 0. The van der Waals surface area contributed by atoms with Gasteiger partial charge in [-0.25, -0.2) is 0 Å². The van der Waals surface area contributed by atoms with Gasteiger partial charge in [0.15, 0.2) is 0 Å². The largest absolute Gasteiger partial charge is 0.344 e. The molecule has 0 radical (unpaired) electrons. The monoisotopic (exact) mass is 137 g/mol. The van der Waals surface area contributed by atoms with E-state index in [-0.39, 0.29) is 12.2 Å². The average molecular weight is 137 g/mol. The molecular formula is C4H12NO2P. The molecule has 0 bridgehead atoms. The third kappa shape index (κ3) is 2.46. The smallest absolute Gasteiger partial charge is 0.201 e. The molecule has 0 aromatic rings. The van der Waals surface area contributed by atoms with Crippen molar-refractivity contribution in [1.82, 2.24) is 0 Å². The molecule has 2 unspecified atom stereocenters. The zero-order chi connectivity index (χ0) is 6.78. The molecule has 0 spiro atoms. The van der Waals surface area contributed by atoms with E-state index in [1.165, 1.54) is 6.66 Å². The van der Waals surface area contributed by atoms with Gasteiger partial charge < -0.3 is 10.6 Å². The van der Waals surface area contributed by atoms with Crippen LogP contribution in [0.3, 0.4) is 0 Å². The number of rotatable bonds is 2. The van der Waals surface area contributed by atoms with Crippen molar-refractivity contribution in [2.24, 2.45) is 5.73 Å². The SMILES string of the molecule is CC(CN)P(C)(=O)O. The summed E-state index contributed by atoms with van der Waals surface area (Å²) in [5.74, 6) is 0. The van der Waals surface area contributed by atoms with Crippen LogP contribution in [0.4, 0.5) is 0 Å². The van der Waals surface area contributed by atoms with E-state index in [2.05, 4.69) is 0 Å². The van der Waals surface area contributed by atoms with Gasteiger partial charge in [0.25, 0.3) is 0 Å². The lowest BCUT2D eigenvalue weighted by Crippen LogP contribution is -2.15. The van der Waals surface area contributed by atoms with Gasteiger partial charge in [-0.05, 0) is 0 Å². The van der Waals surface area contributed by atoms with Crippen molar-refractivity contribution >= 4 is 7.37 Å². The fourth-order valence-electron chi connectivity index (χ4n) is 0.196. The lowest BCUT2D eigenvalue weighted by molar-refractivity contribution is 0.473. The van der Waals surface area contributed by atoms with Crippen molar-refractivity contribution < 1.29 is 9.46 Å². The number of hydrogen-bond donors (Lipinski definition) is 2. The lowest BCUT2D eigenvalue weighted by atomic mass is 10.5. The standard InChI is InChI=1S/C4H12NO2P/c1-4(3-5)8(2,6)7/h4H,3,5H2,1-2H3,(H,6,7). The van der Waals surface area contributed by atoms with E-state index >= 15 is 0 Å². The maximum atomic E-state index is 10.6. The number of hydrogen-bond acceptors (Lipinski definition) is 2. The Labute approximate surface area is 49.3 Å². The van der Waals surface area contributed by atoms with Gasteiger partial charge in [0, 0.05) is 18.9 Å².